The molecule has 0 fully saturated rings. The topological polar surface area (TPSA) is 66.9 Å². The highest BCUT2D eigenvalue weighted by Gasteiger charge is 2.11. The van der Waals surface area contributed by atoms with E-state index in [-0.39, 0.29) is 5.91 Å². The number of hydrogen-bond donors (Lipinski definition) is 2. The fourth-order valence-corrected chi connectivity index (χ4v) is 2.61. The third-order valence-electron chi connectivity index (χ3n) is 3.14. The molecule has 0 unspecified atom stereocenters. The van der Waals surface area contributed by atoms with Gasteiger partial charge in [-0.3, -0.25) is 4.79 Å². The molecule has 6 heteroatoms. The average Bonchev–Trinajstić information content (AvgIpc) is 2.92. The summed E-state index contributed by atoms with van der Waals surface area (Å²) in [5, 5.41) is 15.1. The van der Waals surface area contributed by atoms with Crippen molar-refractivity contribution in [2.45, 2.75) is 59.3 Å². The molecule has 0 spiro atoms. The normalized spacial score (nSPS) is 10.9. The van der Waals surface area contributed by atoms with Gasteiger partial charge in [0.2, 0.25) is 10.1 Å². The van der Waals surface area contributed by atoms with E-state index in [1.165, 1.54) is 37.0 Å². The molecule has 0 bridgehead atoms. The molecule has 1 aromatic heterocycles. The van der Waals surface area contributed by atoms with Gasteiger partial charge in [0.25, 0.3) is 5.91 Å². The minimum absolute atomic E-state index is 0.112. The van der Waals surface area contributed by atoms with Gasteiger partial charge in [0.15, 0.2) is 0 Å². The molecule has 2 N–H and O–H groups in total. The van der Waals surface area contributed by atoms with Crippen LogP contribution >= 0.6 is 11.3 Å². The van der Waals surface area contributed by atoms with E-state index in [2.05, 4.69) is 41.6 Å². The Morgan fingerprint density at radius 1 is 1.14 bits per heavy atom. The largest absolute Gasteiger partial charge is 0.360 e. The first kappa shape index (κ1) is 17.9. The lowest BCUT2D eigenvalue weighted by atomic mass is 10.0. The number of amides is 1. The maximum absolute atomic E-state index is 11.9. The van der Waals surface area contributed by atoms with Crippen molar-refractivity contribution >= 4 is 22.4 Å². The molecule has 1 rings (SSSR count). The van der Waals surface area contributed by atoms with E-state index in [0.29, 0.717) is 5.01 Å². The Labute approximate surface area is 131 Å². The van der Waals surface area contributed by atoms with Crippen molar-refractivity contribution in [1.29, 1.82) is 0 Å². The lowest BCUT2D eigenvalue weighted by Gasteiger charge is -2.05. The third-order valence-corrected chi connectivity index (χ3v) is 4.02. The zero-order chi connectivity index (χ0) is 15.5. The number of aromatic nitrogens is 2. The maximum Gasteiger partial charge on any atom is 0.282 e. The molecule has 0 aliphatic heterocycles. The van der Waals surface area contributed by atoms with Crippen LogP contribution in [0.5, 0.6) is 0 Å². The van der Waals surface area contributed by atoms with Gasteiger partial charge in [-0.05, 0) is 18.8 Å². The quantitative estimate of drug-likeness (QED) is 0.611. The first-order chi connectivity index (χ1) is 10.1. The van der Waals surface area contributed by atoms with Gasteiger partial charge in [0, 0.05) is 13.1 Å². The third kappa shape index (κ3) is 7.99. The molecule has 0 radical (unpaired) electrons. The zero-order valence-corrected chi connectivity index (χ0v) is 14.3. The standard InChI is InChI=1S/C15H28N4OS/c1-4-10-17-15-19-18-14(21-15)13(20)16-11-8-6-5-7-9-12(2)3/h12H,4-11H2,1-3H3,(H,16,20)(H,17,19). The number of nitrogens with one attached hydrogen (secondary N) is 2. The molecule has 0 saturated heterocycles. The van der Waals surface area contributed by atoms with Gasteiger partial charge in [-0.2, -0.15) is 0 Å². The smallest absolute Gasteiger partial charge is 0.282 e. The molecule has 0 saturated carbocycles. The summed E-state index contributed by atoms with van der Waals surface area (Å²) < 4.78 is 0. The molecular weight excluding hydrogens is 284 g/mol. The Bertz CT molecular complexity index is 406. The lowest BCUT2D eigenvalue weighted by molar-refractivity contribution is 0.0952. The Balaban J connectivity index is 2.11. The summed E-state index contributed by atoms with van der Waals surface area (Å²) >= 11 is 1.31. The van der Waals surface area contributed by atoms with Crippen molar-refractivity contribution in [3.8, 4) is 0 Å². The summed E-state index contributed by atoms with van der Waals surface area (Å²) in [5.74, 6) is 0.678. The molecule has 1 heterocycles. The minimum Gasteiger partial charge on any atom is -0.360 e. The molecule has 0 aliphatic rings. The van der Waals surface area contributed by atoms with Gasteiger partial charge in [-0.25, -0.2) is 0 Å². The van der Waals surface area contributed by atoms with E-state index in [0.717, 1.165) is 37.0 Å². The van der Waals surface area contributed by atoms with Crippen LogP contribution in [-0.4, -0.2) is 29.2 Å². The number of rotatable bonds is 11. The molecule has 5 nitrogen and oxygen atoms in total. The van der Waals surface area contributed by atoms with Crippen LogP contribution in [0.1, 0.15) is 69.1 Å². The summed E-state index contributed by atoms with van der Waals surface area (Å²) in [6, 6.07) is 0. The van der Waals surface area contributed by atoms with Crippen molar-refractivity contribution < 1.29 is 4.79 Å². The average molecular weight is 312 g/mol. The zero-order valence-electron chi connectivity index (χ0n) is 13.4. The number of unbranched alkanes of at least 4 members (excludes halogenated alkanes) is 3. The van der Waals surface area contributed by atoms with E-state index in [1.54, 1.807) is 0 Å². The van der Waals surface area contributed by atoms with E-state index < -0.39 is 0 Å². The SMILES string of the molecule is CCCNc1nnc(C(=O)NCCCCCCC(C)C)s1. The molecule has 0 atom stereocenters. The van der Waals surface area contributed by atoms with Gasteiger partial charge in [-0.15, -0.1) is 10.2 Å². The molecule has 120 valence electrons. The summed E-state index contributed by atoms with van der Waals surface area (Å²) in [5.41, 5.74) is 0. The van der Waals surface area contributed by atoms with E-state index in [9.17, 15) is 4.79 Å². The van der Waals surface area contributed by atoms with Gasteiger partial charge in [0.1, 0.15) is 0 Å². The summed E-state index contributed by atoms with van der Waals surface area (Å²) in [7, 11) is 0. The van der Waals surface area contributed by atoms with Crippen molar-refractivity contribution in [2.24, 2.45) is 5.92 Å². The van der Waals surface area contributed by atoms with Crippen LogP contribution in [0.4, 0.5) is 5.13 Å². The van der Waals surface area contributed by atoms with Gasteiger partial charge < -0.3 is 10.6 Å². The van der Waals surface area contributed by atoms with E-state index in [1.807, 2.05) is 0 Å². The Hall–Kier alpha value is -1.17. The molecule has 0 aromatic carbocycles. The molecule has 0 aliphatic carbocycles. The number of anilines is 1. The molecular formula is C15H28N4OS. The maximum atomic E-state index is 11.9. The number of carbonyl (C=O) groups is 1. The van der Waals surface area contributed by atoms with Gasteiger partial charge in [-0.1, -0.05) is 57.8 Å². The van der Waals surface area contributed by atoms with E-state index >= 15 is 0 Å². The second-order valence-electron chi connectivity index (χ2n) is 5.69. The highest BCUT2D eigenvalue weighted by atomic mass is 32.1. The fourth-order valence-electron chi connectivity index (χ4n) is 1.93. The van der Waals surface area contributed by atoms with Crippen molar-refractivity contribution in [3.05, 3.63) is 5.01 Å². The second kappa shape index (κ2) is 10.5. The summed E-state index contributed by atoms with van der Waals surface area (Å²) in [4.78, 5) is 11.9. The van der Waals surface area contributed by atoms with Crippen LogP contribution in [0, 0.1) is 5.92 Å². The fraction of sp³-hybridized carbons (Fsp3) is 0.800. The van der Waals surface area contributed by atoms with Crippen LogP contribution in [-0.2, 0) is 0 Å². The summed E-state index contributed by atoms with van der Waals surface area (Å²) in [6.45, 7) is 8.17. The van der Waals surface area contributed by atoms with Crippen molar-refractivity contribution in [1.82, 2.24) is 15.5 Å². The van der Waals surface area contributed by atoms with Crippen molar-refractivity contribution in [3.63, 3.8) is 0 Å². The Kier molecular flexibility index (Phi) is 8.98. The van der Waals surface area contributed by atoms with Gasteiger partial charge >= 0.3 is 0 Å². The second-order valence-corrected chi connectivity index (χ2v) is 6.67. The number of carbonyl (C=O) groups excluding carboxylic acids is 1. The van der Waals surface area contributed by atoms with Crippen LogP contribution in [0.3, 0.4) is 0 Å². The van der Waals surface area contributed by atoms with Crippen LogP contribution in [0.2, 0.25) is 0 Å². The number of nitrogens with zero attached hydrogens (tertiary/aromatic N) is 2. The summed E-state index contributed by atoms with van der Waals surface area (Å²) in [6.07, 6.45) is 7.06. The van der Waals surface area contributed by atoms with Gasteiger partial charge in [0.05, 0.1) is 0 Å². The Morgan fingerprint density at radius 2 is 1.90 bits per heavy atom. The minimum atomic E-state index is -0.112. The number of hydrogen-bond acceptors (Lipinski definition) is 5. The highest BCUT2D eigenvalue weighted by molar-refractivity contribution is 7.17. The van der Waals surface area contributed by atoms with Crippen molar-refractivity contribution in [2.75, 3.05) is 18.4 Å². The predicted molar refractivity (Wildman–Crippen MR) is 88.9 cm³/mol. The highest BCUT2D eigenvalue weighted by Crippen LogP contribution is 2.15. The first-order valence-electron chi connectivity index (χ1n) is 7.99. The molecule has 1 amide bonds. The molecule has 21 heavy (non-hydrogen) atoms. The molecule has 1 aromatic rings. The predicted octanol–water partition coefficient (Wildman–Crippen LogP) is 3.70. The lowest BCUT2D eigenvalue weighted by Crippen LogP contribution is -2.24. The van der Waals surface area contributed by atoms with E-state index in [4.69, 9.17) is 0 Å². The van der Waals surface area contributed by atoms with Crippen LogP contribution < -0.4 is 10.6 Å². The Morgan fingerprint density at radius 3 is 2.62 bits per heavy atom. The van der Waals surface area contributed by atoms with Crippen LogP contribution in [0.25, 0.3) is 0 Å². The first-order valence-corrected chi connectivity index (χ1v) is 8.80. The monoisotopic (exact) mass is 312 g/mol. The van der Waals surface area contributed by atoms with Crippen LogP contribution in [0.15, 0.2) is 0 Å².